The molecule has 0 amide bonds. The van der Waals surface area contributed by atoms with Crippen molar-refractivity contribution in [2.45, 2.75) is 12.8 Å². The highest BCUT2D eigenvalue weighted by atomic mass is 32.1. The maximum atomic E-state index is 8.63. The van der Waals surface area contributed by atoms with Crippen molar-refractivity contribution in [2.24, 2.45) is 0 Å². The summed E-state index contributed by atoms with van der Waals surface area (Å²) in [5, 5.41) is 10.7. The van der Waals surface area contributed by atoms with Crippen LogP contribution in [0.1, 0.15) is 17.7 Å². The topological polar surface area (TPSA) is 20.2 Å². The molecule has 16 heavy (non-hydrogen) atoms. The van der Waals surface area contributed by atoms with Gasteiger partial charge in [0.1, 0.15) is 0 Å². The molecule has 2 aromatic heterocycles. The Bertz CT molecular complexity index is 485. The van der Waals surface area contributed by atoms with Gasteiger partial charge in [-0.2, -0.15) is 0 Å². The van der Waals surface area contributed by atoms with Crippen molar-refractivity contribution in [3.8, 4) is 21.6 Å². The fraction of sp³-hybridized carbons (Fsp3) is 0.231. The highest BCUT2D eigenvalue weighted by molar-refractivity contribution is 7.21. The smallest absolute Gasteiger partial charge is 0.0775 e. The molecule has 0 radical (unpaired) electrons. The number of aliphatic hydroxyl groups excluding tert-OH is 1. The summed E-state index contributed by atoms with van der Waals surface area (Å²) >= 11 is 3.47. The molecule has 0 atom stereocenters. The van der Waals surface area contributed by atoms with Gasteiger partial charge in [-0.25, -0.2) is 0 Å². The first-order valence-electron chi connectivity index (χ1n) is 5.13. The lowest BCUT2D eigenvalue weighted by atomic mass is 10.3. The van der Waals surface area contributed by atoms with E-state index in [4.69, 9.17) is 5.11 Å². The van der Waals surface area contributed by atoms with Crippen LogP contribution < -0.4 is 0 Å². The van der Waals surface area contributed by atoms with Crippen LogP contribution >= 0.6 is 22.7 Å². The summed E-state index contributed by atoms with van der Waals surface area (Å²) in [5.41, 5.74) is 0. The zero-order valence-corrected chi connectivity index (χ0v) is 10.4. The van der Waals surface area contributed by atoms with Crippen molar-refractivity contribution in [1.82, 2.24) is 0 Å². The van der Waals surface area contributed by atoms with Gasteiger partial charge in [-0.1, -0.05) is 17.9 Å². The average molecular weight is 248 g/mol. The van der Waals surface area contributed by atoms with Crippen LogP contribution in [0.4, 0.5) is 0 Å². The van der Waals surface area contributed by atoms with Gasteiger partial charge in [0.05, 0.1) is 4.88 Å². The third-order valence-corrected chi connectivity index (χ3v) is 4.11. The molecule has 0 aliphatic rings. The van der Waals surface area contributed by atoms with Crippen LogP contribution in [0.5, 0.6) is 0 Å². The molecule has 0 spiro atoms. The van der Waals surface area contributed by atoms with E-state index in [-0.39, 0.29) is 6.61 Å². The second kappa shape index (κ2) is 5.86. The summed E-state index contributed by atoms with van der Waals surface area (Å²) in [6.07, 6.45) is 1.53. The number of thiophene rings is 2. The van der Waals surface area contributed by atoms with Crippen molar-refractivity contribution in [3.63, 3.8) is 0 Å². The molecule has 0 aromatic carbocycles. The Balaban J connectivity index is 2.04. The van der Waals surface area contributed by atoms with E-state index in [2.05, 4.69) is 41.5 Å². The van der Waals surface area contributed by atoms with Crippen LogP contribution in [0.2, 0.25) is 0 Å². The van der Waals surface area contributed by atoms with Crippen LogP contribution in [-0.4, -0.2) is 11.7 Å². The lowest BCUT2D eigenvalue weighted by Crippen LogP contribution is -1.78. The second-order valence-corrected chi connectivity index (χ2v) is 5.30. The van der Waals surface area contributed by atoms with Gasteiger partial charge >= 0.3 is 0 Å². The van der Waals surface area contributed by atoms with Crippen molar-refractivity contribution < 1.29 is 5.11 Å². The highest BCUT2D eigenvalue weighted by Crippen LogP contribution is 2.30. The molecule has 0 saturated heterocycles. The van der Waals surface area contributed by atoms with Crippen LogP contribution in [0.25, 0.3) is 9.75 Å². The third-order valence-electron chi connectivity index (χ3n) is 2.04. The summed E-state index contributed by atoms with van der Waals surface area (Å²) in [5.74, 6) is 6.19. The van der Waals surface area contributed by atoms with Crippen LogP contribution in [-0.2, 0) is 0 Å². The molecular formula is C13H12OS2. The Hall–Kier alpha value is -1.08. The molecule has 0 fully saturated rings. The summed E-state index contributed by atoms with van der Waals surface area (Å²) in [7, 11) is 0. The molecule has 2 aromatic rings. The Morgan fingerprint density at radius 2 is 2.12 bits per heavy atom. The van der Waals surface area contributed by atoms with Crippen molar-refractivity contribution in [1.29, 1.82) is 0 Å². The van der Waals surface area contributed by atoms with Crippen molar-refractivity contribution in [2.75, 3.05) is 6.61 Å². The molecule has 0 bridgehead atoms. The predicted molar refractivity (Wildman–Crippen MR) is 70.8 cm³/mol. The van der Waals surface area contributed by atoms with Gasteiger partial charge in [0.25, 0.3) is 0 Å². The van der Waals surface area contributed by atoms with Crippen molar-refractivity contribution in [3.05, 3.63) is 34.5 Å². The lowest BCUT2D eigenvalue weighted by molar-refractivity contribution is 0.290. The van der Waals surface area contributed by atoms with Crippen LogP contribution in [0.3, 0.4) is 0 Å². The SMILES string of the molecule is OCCCC#Cc1ccc(-c2cccs2)s1. The monoisotopic (exact) mass is 248 g/mol. The van der Waals surface area contributed by atoms with E-state index in [0.717, 1.165) is 17.7 Å². The fourth-order valence-electron chi connectivity index (χ4n) is 1.27. The number of hydrogen-bond donors (Lipinski definition) is 1. The standard InChI is InChI=1S/C13H12OS2/c14-9-3-1-2-5-11-7-8-13(16-11)12-6-4-10-15-12/h4,6-8,10,14H,1,3,9H2. The first-order chi connectivity index (χ1) is 7.90. The molecule has 0 aliphatic carbocycles. The maximum Gasteiger partial charge on any atom is 0.0775 e. The summed E-state index contributed by atoms with van der Waals surface area (Å²) in [4.78, 5) is 3.68. The third kappa shape index (κ3) is 2.96. The minimum atomic E-state index is 0.222. The zero-order chi connectivity index (χ0) is 11.2. The molecular weight excluding hydrogens is 236 g/mol. The van der Waals surface area contributed by atoms with Crippen LogP contribution in [0, 0.1) is 11.8 Å². The van der Waals surface area contributed by atoms with E-state index < -0.39 is 0 Å². The Labute approximate surface area is 103 Å². The Kier molecular flexibility index (Phi) is 4.17. The second-order valence-electron chi connectivity index (χ2n) is 3.27. The largest absolute Gasteiger partial charge is 0.396 e. The summed E-state index contributed by atoms with van der Waals surface area (Å²) in [6, 6.07) is 8.37. The van der Waals surface area contributed by atoms with Crippen molar-refractivity contribution >= 4 is 22.7 Å². The molecule has 1 nitrogen and oxygen atoms in total. The molecule has 0 aliphatic heterocycles. The lowest BCUT2D eigenvalue weighted by Gasteiger charge is -1.86. The maximum absolute atomic E-state index is 8.63. The van der Waals surface area contributed by atoms with Gasteiger partial charge in [0.2, 0.25) is 0 Å². The van der Waals surface area contributed by atoms with Gasteiger partial charge in [0.15, 0.2) is 0 Å². The summed E-state index contributed by atoms with van der Waals surface area (Å²) in [6.45, 7) is 0.222. The molecule has 3 heteroatoms. The first-order valence-corrected chi connectivity index (χ1v) is 6.83. The van der Waals surface area contributed by atoms with E-state index >= 15 is 0 Å². The molecule has 0 unspecified atom stereocenters. The van der Waals surface area contributed by atoms with Gasteiger partial charge in [-0.05, 0) is 30.0 Å². The number of unbranched alkanes of at least 4 members (excludes halogenated alkanes) is 1. The predicted octanol–water partition coefficient (Wildman–Crippen LogP) is 3.60. The number of rotatable bonds is 3. The molecule has 2 rings (SSSR count). The first kappa shape index (κ1) is 11.4. The Morgan fingerprint density at radius 1 is 1.19 bits per heavy atom. The number of aliphatic hydroxyl groups is 1. The molecule has 2 heterocycles. The highest BCUT2D eigenvalue weighted by Gasteiger charge is 2.01. The van der Waals surface area contributed by atoms with E-state index in [9.17, 15) is 0 Å². The molecule has 82 valence electrons. The van der Waals surface area contributed by atoms with Gasteiger partial charge in [-0.3, -0.25) is 0 Å². The van der Waals surface area contributed by atoms with E-state index in [1.165, 1.54) is 9.75 Å². The van der Waals surface area contributed by atoms with Gasteiger partial charge in [0, 0.05) is 22.8 Å². The van der Waals surface area contributed by atoms with E-state index in [1.807, 2.05) is 0 Å². The van der Waals surface area contributed by atoms with Crippen LogP contribution in [0.15, 0.2) is 29.6 Å². The van der Waals surface area contributed by atoms with E-state index in [1.54, 1.807) is 22.7 Å². The molecule has 0 saturated carbocycles. The number of hydrogen-bond acceptors (Lipinski definition) is 3. The zero-order valence-electron chi connectivity index (χ0n) is 8.77. The van der Waals surface area contributed by atoms with E-state index in [0.29, 0.717) is 0 Å². The molecule has 1 N–H and O–H groups in total. The van der Waals surface area contributed by atoms with Gasteiger partial charge in [-0.15, -0.1) is 22.7 Å². The van der Waals surface area contributed by atoms with Gasteiger partial charge < -0.3 is 5.11 Å². The fourth-order valence-corrected chi connectivity index (χ4v) is 2.99. The average Bonchev–Trinajstić information content (AvgIpc) is 2.94. The normalized spacial score (nSPS) is 9.81. The minimum absolute atomic E-state index is 0.222. The quantitative estimate of drug-likeness (QED) is 0.650. The minimum Gasteiger partial charge on any atom is -0.396 e. The summed E-state index contributed by atoms with van der Waals surface area (Å²) < 4.78 is 0. The Morgan fingerprint density at radius 3 is 2.88 bits per heavy atom.